The molecule has 10 heavy (non-hydrogen) atoms. The summed E-state index contributed by atoms with van der Waals surface area (Å²) in [5.41, 5.74) is 5.02. The van der Waals surface area contributed by atoms with E-state index in [1.165, 1.54) is 0 Å². The summed E-state index contributed by atoms with van der Waals surface area (Å²) in [5.74, 6) is 7.92. The van der Waals surface area contributed by atoms with Crippen LogP contribution in [0.1, 0.15) is 26.7 Å². The van der Waals surface area contributed by atoms with Crippen molar-refractivity contribution in [2.45, 2.75) is 26.7 Å². The summed E-state index contributed by atoms with van der Waals surface area (Å²) >= 11 is 0. The number of hydrazine groups is 1. The van der Waals surface area contributed by atoms with Crippen LogP contribution in [-0.2, 0) is 4.79 Å². The van der Waals surface area contributed by atoms with E-state index < -0.39 is 0 Å². The number of rotatable bonds is 3. The van der Waals surface area contributed by atoms with Crippen molar-refractivity contribution >= 4 is 5.91 Å². The van der Waals surface area contributed by atoms with Crippen LogP contribution in [0.5, 0.6) is 0 Å². The van der Waals surface area contributed by atoms with Crippen molar-refractivity contribution in [3.8, 4) is 0 Å². The second kappa shape index (κ2) is 8.39. The van der Waals surface area contributed by atoms with Crippen LogP contribution in [0.3, 0.4) is 0 Å². The molecule has 0 saturated carbocycles. The molecule has 4 heteroatoms. The topological polar surface area (TPSA) is 95.1 Å². The molecule has 0 rings (SSSR count). The third-order valence-corrected chi connectivity index (χ3v) is 1.39. The Hall–Kier alpha value is -0.610. The fraction of sp³-hybridized carbons (Fsp3) is 0.833. The van der Waals surface area contributed by atoms with E-state index in [4.69, 9.17) is 5.73 Å². The Labute approximate surface area is 61.7 Å². The lowest BCUT2D eigenvalue weighted by molar-refractivity contribution is -0.121. The summed E-state index contributed by atoms with van der Waals surface area (Å²) in [7, 11) is 0. The van der Waals surface area contributed by atoms with Crippen LogP contribution in [0.2, 0.25) is 0 Å². The normalized spacial score (nSPS) is 8.50. The zero-order chi connectivity index (χ0) is 8.57. The minimum Gasteiger partial charge on any atom is -0.369 e. The number of primary amides is 1. The van der Waals surface area contributed by atoms with Gasteiger partial charge < -0.3 is 5.73 Å². The molecule has 0 aromatic heterocycles. The standard InChI is InChI=1S/C6H13NO.H4N2/c1-3-5(4-2)6(7)8;1-2/h5H,3-4H2,1-2H3,(H2,7,8);1-2H2. The van der Waals surface area contributed by atoms with Gasteiger partial charge in [0.1, 0.15) is 0 Å². The highest BCUT2D eigenvalue weighted by Gasteiger charge is 2.07. The van der Waals surface area contributed by atoms with Crippen LogP contribution < -0.4 is 17.4 Å². The van der Waals surface area contributed by atoms with Crippen LogP contribution in [0.15, 0.2) is 0 Å². The molecule has 0 bridgehead atoms. The maximum absolute atomic E-state index is 10.4. The summed E-state index contributed by atoms with van der Waals surface area (Å²) in [6, 6.07) is 0. The Kier molecular flexibility index (Phi) is 10.2. The van der Waals surface area contributed by atoms with Gasteiger partial charge in [0, 0.05) is 5.92 Å². The molecule has 0 aliphatic rings. The number of hydrogen-bond acceptors (Lipinski definition) is 3. The SMILES string of the molecule is CCC(CC)C(N)=O.NN. The van der Waals surface area contributed by atoms with E-state index in [1.807, 2.05) is 13.8 Å². The molecule has 0 aliphatic carbocycles. The molecule has 0 aromatic rings. The van der Waals surface area contributed by atoms with E-state index >= 15 is 0 Å². The molecule has 0 heterocycles. The second-order valence-electron chi connectivity index (χ2n) is 1.92. The summed E-state index contributed by atoms with van der Waals surface area (Å²) in [4.78, 5) is 10.4. The first-order chi connectivity index (χ1) is 4.72. The Bertz CT molecular complexity index is 81.1. The minimum absolute atomic E-state index is 0.0926. The molecule has 0 spiro atoms. The molecule has 0 aliphatic heterocycles. The van der Waals surface area contributed by atoms with Crippen molar-refractivity contribution in [3.05, 3.63) is 0 Å². The third kappa shape index (κ3) is 5.53. The van der Waals surface area contributed by atoms with Gasteiger partial charge in [-0.1, -0.05) is 13.8 Å². The molecule has 0 unspecified atom stereocenters. The van der Waals surface area contributed by atoms with Crippen molar-refractivity contribution < 1.29 is 4.79 Å². The van der Waals surface area contributed by atoms with Gasteiger partial charge in [-0.3, -0.25) is 16.5 Å². The van der Waals surface area contributed by atoms with E-state index in [1.54, 1.807) is 0 Å². The van der Waals surface area contributed by atoms with Crippen LogP contribution in [-0.4, -0.2) is 5.91 Å². The van der Waals surface area contributed by atoms with Crippen LogP contribution in [0.25, 0.3) is 0 Å². The Morgan fingerprint density at radius 1 is 1.30 bits per heavy atom. The highest BCUT2D eigenvalue weighted by Crippen LogP contribution is 2.04. The molecule has 0 saturated heterocycles. The van der Waals surface area contributed by atoms with Gasteiger partial charge >= 0.3 is 0 Å². The van der Waals surface area contributed by atoms with E-state index in [2.05, 4.69) is 11.7 Å². The highest BCUT2D eigenvalue weighted by molar-refractivity contribution is 5.76. The fourth-order valence-electron chi connectivity index (χ4n) is 0.691. The molecule has 1 amide bonds. The largest absolute Gasteiger partial charge is 0.369 e. The van der Waals surface area contributed by atoms with Gasteiger partial charge in [0.15, 0.2) is 0 Å². The molecule has 0 atom stereocenters. The number of hydrogen-bond donors (Lipinski definition) is 3. The molecule has 6 N–H and O–H groups in total. The smallest absolute Gasteiger partial charge is 0.220 e. The zero-order valence-electron chi connectivity index (χ0n) is 6.63. The minimum atomic E-state index is -0.171. The molecule has 0 radical (unpaired) electrons. The lowest BCUT2D eigenvalue weighted by Crippen LogP contribution is -2.21. The Morgan fingerprint density at radius 2 is 1.60 bits per heavy atom. The molecule has 4 nitrogen and oxygen atoms in total. The van der Waals surface area contributed by atoms with Crippen LogP contribution in [0, 0.1) is 5.92 Å². The maximum Gasteiger partial charge on any atom is 0.220 e. The first-order valence-corrected chi connectivity index (χ1v) is 3.35. The van der Waals surface area contributed by atoms with Crippen molar-refractivity contribution in [2.75, 3.05) is 0 Å². The first-order valence-electron chi connectivity index (χ1n) is 3.35. The quantitative estimate of drug-likeness (QED) is 0.378. The Balaban J connectivity index is 0. The molecule has 62 valence electrons. The maximum atomic E-state index is 10.4. The molecule has 0 fully saturated rings. The van der Waals surface area contributed by atoms with Gasteiger partial charge in [-0.05, 0) is 12.8 Å². The van der Waals surface area contributed by atoms with Gasteiger partial charge in [0.2, 0.25) is 5.91 Å². The van der Waals surface area contributed by atoms with E-state index in [0.29, 0.717) is 0 Å². The second-order valence-corrected chi connectivity index (χ2v) is 1.92. The number of amides is 1. The van der Waals surface area contributed by atoms with Crippen LogP contribution in [0.4, 0.5) is 0 Å². The van der Waals surface area contributed by atoms with E-state index in [0.717, 1.165) is 12.8 Å². The first kappa shape index (κ1) is 12.1. The number of carbonyl (C=O) groups is 1. The van der Waals surface area contributed by atoms with Gasteiger partial charge in [-0.15, -0.1) is 0 Å². The number of carbonyl (C=O) groups excluding carboxylic acids is 1. The summed E-state index contributed by atoms with van der Waals surface area (Å²) in [5, 5.41) is 0. The van der Waals surface area contributed by atoms with Crippen LogP contribution >= 0.6 is 0 Å². The molecular formula is C6H17N3O. The summed E-state index contributed by atoms with van der Waals surface area (Å²) in [6.07, 6.45) is 1.73. The van der Waals surface area contributed by atoms with Crippen molar-refractivity contribution in [1.82, 2.24) is 0 Å². The van der Waals surface area contributed by atoms with E-state index in [9.17, 15) is 4.79 Å². The van der Waals surface area contributed by atoms with Crippen molar-refractivity contribution in [3.63, 3.8) is 0 Å². The summed E-state index contributed by atoms with van der Waals surface area (Å²) in [6.45, 7) is 3.94. The third-order valence-electron chi connectivity index (χ3n) is 1.39. The van der Waals surface area contributed by atoms with Crippen molar-refractivity contribution in [2.24, 2.45) is 23.3 Å². The lowest BCUT2D eigenvalue weighted by atomic mass is 10.0. The molecule has 0 aromatic carbocycles. The van der Waals surface area contributed by atoms with Gasteiger partial charge in [-0.25, -0.2) is 0 Å². The predicted octanol–water partition coefficient (Wildman–Crippen LogP) is -0.273. The summed E-state index contributed by atoms with van der Waals surface area (Å²) < 4.78 is 0. The predicted molar refractivity (Wildman–Crippen MR) is 41.6 cm³/mol. The monoisotopic (exact) mass is 147 g/mol. The van der Waals surface area contributed by atoms with Gasteiger partial charge in [-0.2, -0.15) is 0 Å². The molecular weight excluding hydrogens is 130 g/mol. The Morgan fingerprint density at radius 3 is 1.60 bits per heavy atom. The van der Waals surface area contributed by atoms with E-state index in [-0.39, 0.29) is 11.8 Å². The fourth-order valence-corrected chi connectivity index (χ4v) is 0.691. The highest BCUT2D eigenvalue weighted by atomic mass is 16.1. The lowest BCUT2D eigenvalue weighted by Gasteiger charge is -2.04. The zero-order valence-corrected chi connectivity index (χ0v) is 6.63. The van der Waals surface area contributed by atoms with Gasteiger partial charge in [0.25, 0.3) is 0 Å². The number of nitrogens with two attached hydrogens (primary N) is 3. The average molecular weight is 147 g/mol. The van der Waals surface area contributed by atoms with Gasteiger partial charge in [0.05, 0.1) is 0 Å². The van der Waals surface area contributed by atoms with Crippen molar-refractivity contribution in [1.29, 1.82) is 0 Å². The average Bonchev–Trinajstić information content (AvgIpc) is 1.94.